The Morgan fingerprint density at radius 1 is 1.29 bits per heavy atom. The highest BCUT2D eigenvalue weighted by Crippen LogP contribution is 2.25. The van der Waals surface area contributed by atoms with Gasteiger partial charge in [0, 0.05) is 24.5 Å². The molecular weight excluding hydrogens is 320 g/mol. The van der Waals surface area contributed by atoms with Crippen LogP contribution in [0.1, 0.15) is 5.56 Å². The molecule has 0 bridgehead atoms. The van der Waals surface area contributed by atoms with Crippen molar-refractivity contribution >= 4 is 33.1 Å². The van der Waals surface area contributed by atoms with Crippen LogP contribution in [0.2, 0.25) is 5.15 Å². The van der Waals surface area contributed by atoms with Crippen molar-refractivity contribution in [2.75, 3.05) is 4.72 Å². The van der Waals surface area contributed by atoms with Gasteiger partial charge in [-0.05, 0) is 12.5 Å². The molecule has 0 saturated heterocycles. The number of benzene rings is 1. The predicted molar refractivity (Wildman–Crippen MR) is 75.7 cm³/mol. The van der Waals surface area contributed by atoms with Gasteiger partial charge in [-0.3, -0.25) is 14.8 Å². The first kappa shape index (κ1) is 15.1. The first-order chi connectivity index (χ1) is 9.81. The van der Waals surface area contributed by atoms with E-state index >= 15 is 0 Å². The fourth-order valence-electron chi connectivity index (χ4n) is 1.56. The van der Waals surface area contributed by atoms with Crippen LogP contribution in [0.15, 0.2) is 35.5 Å². The van der Waals surface area contributed by atoms with Crippen LogP contribution in [-0.2, 0) is 10.0 Å². The van der Waals surface area contributed by atoms with Crippen molar-refractivity contribution in [1.29, 1.82) is 0 Å². The highest BCUT2D eigenvalue weighted by Gasteiger charge is 2.22. The lowest BCUT2D eigenvalue weighted by Crippen LogP contribution is -2.16. The van der Waals surface area contributed by atoms with Crippen LogP contribution in [0.25, 0.3) is 0 Å². The number of nitrogens with one attached hydrogen (secondary N) is 1. The Balaban J connectivity index is 2.47. The number of rotatable bonds is 4. The van der Waals surface area contributed by atoms with Gasteiger partial charge >= 0.3 is 0 Å². The monoisotopic (exact) mass is 328 g/mol. The fourth-order valence-corrected chi connectivity index (χ4v) is 3.05. The van der Waals surface area contributed by atoms with E-state index in [1.54, 1.807) is 0 Å². The van der Waals surface area contributed by atoms with E-state index < -0.39 is 14.9 Å². The van der Waals surface area contributed by atoms with Crippen LogP contribution < -0.4 is 4.72 Å². The van der Waals surface area contributed by atoms with Crippen molar-refractivity contribution in [3.05, 3.63) is 51.4 Å². The van der Waals surface area contributed by atoms with Crippen LogP contribution in [0.3, 0.4) is 0 Å². The smallest absolute Gasteiger partial charge is 0.261 e. The molecule has 0 unspecified atom stereocenters. The van der Waals surface area contributed by atoms with Gasteiger partial charge in [-0.2, -0.15) is 0 Å². The zero-order valence-electron chi connectivity index (χ0n) is 10.6. The van der Waals surface area contributed by atoms with E-state index in [1.165, 1.54) is 31.5 Å². The van der Waals surface area contributed by atoms with Gasteiger partial charge in [0.15, 0.2) is 11.0 Å². The normalized spacial score (nSPS) is 11.1. The summed E-state index contributed by atoms with van der Waals surface area (Å²) in [4.78, 5) is 17.3. The van der Waals surface area contributed by atoms with E-state index in [0.717, 1.165) is 6.07 Å². The highest BCUT2D eigenvalue weighted by molar-refractivity contribution is 7.92. The van der Waals surface area contributed by atoms with E-state index in [1.807, 2.05) is 0 Å². The Labute approximate surface area is 125 Å². The van der Waals surface area contributed by atoms with Gasteiger partial charge in [-0.25, -0.2) is 18.4 Å². The van der Waals surface area contributed by atoms with Gasteiger partial charge in [0.1, 0.15) is 0 Å². The predicted octanol–water partition coefficient (Wildman–Crippen LogP) is 2.15. The third-order valence-electron chi connectivity index (χ3n) is 2.56. The molecule has 2 rings (SSSR count). The van der Waals surface area contributed by atoms with Crippen LogP contribution in [-0.4, -0.2) is 23.3 Å². The molecule has 0 atom stereocenters. The second kappa shape index (κ2) is 5.62. The van der Waals surface area contributed by atoms with Gasteiger partial charge in [0.05, 0.1) is 9.82 Å². The molecule has 0 radical (unpaired) electrons. The van der Waals surface area contributed by atoms with Gasteiger partial charge in [-0.1, -0.05) is 17.7 Å². The number of aryl methyl sites for hydroxylation is 1. The number of aromatic nitrogens is 2. The summed E-state index contributed by atoms with van der Waals surface area (Å²) in [6, 6.07) is 3.55. The summed E-state index contributed by atoms with van der Waals surface area (Å²) in [5.74, 6) is -0.148. The number of nitrogens with zero attached hydrogens (tertiary/aromatic N) is 3. The van der Waals surface area contributed by atoms with Gasteiger partial charge in [0.2, 0.25) is 0 Å². The molecule has 0 fully saturated rings. The molecule has 1 heterocycles. The Kier molecular flexibility index (Phi) is 4.05. The molecule has 0 aliphatic rings. The van der Waals surface area contributed by atoms with Crippen molar-refractivity contribution in [2.45, 2.75) is 11.8 Å². The molecule has 0 spiro atoms. The minimum Gasteiger partial charge on any atom is -0.261 e. The number of anilines is 1. The van der Waals surface area contributed by atoms with Crippen molar-refractivity contribution in [3.8, 4) is 0 Å². The molecule has 0 aliphatic carbocycles. The first-order valence-corrected chi connectivity index (χ1v) is 7.42. The van der Waals surface area contributed by atoms with Crippen molar-refractivity contribution in [2.24, 2.45) is 0 Å². The summed E-state index contributed by atoms with van der Waals surface area (Å²) in [6.45, 7) is 1.52. The number of nitro groups is 1. The second-order valence-electron chi connectivity index (χ2n) is 4.01. The van der Waals surface area contributed by atoms with Crippen molar-refractivity contribution in [1.82, 2.24) is 9.97 Å². The molecule has 10 heteroatoms. The Morgan fingerprint density at radius 3 is 2.57 bits per heavy atom. The third-order valence-corrected chi connectivity index (χ3v) is 4.31. The molecule has 1 aromatic carbocycles. The lowest BCUT2D eigenvalue weighted by Gasteiger charge is -2.10. The number of nitro benzene ring substituents is 1. The largest absolute Gasteiger partial charge is 0.270 e. The summed E-state index contributed by atoms with van der Waals surface area (Å²) >= 11 is 5.73. The highest BCUT2D eigenvalue weighted by atomic mass is 35.5. The number of hydrogen-bond acceptors (Lipinski definition) is 6. The first-order valence-electron chi connectivity index (χ1n) is 5.55. The van der Waals surface area contributed by atoms with Crippen LogP contribution in [0, 0.1) is 17.0 Å². The van der Waals surface area contributed by atoms with Crippen LogP contribution >= 0.6 is 11.6 Å². The average Bonchev–Trinajstić information content (AvgIpc) is 2.41. The minimum atomic E-state index is -4.06. The van der Waals surface area contributed by atoms with Crippen molar-refractivity contribution < 1.29 is 13.3 Å². The SMILES string of the molecule is Cc1ccc([N+](=O)[O-])cc1S(=O)(=O)Nc1nccnc1Cl. The molecule has 2 aromatic rings. The molecule has 8 nitrogen and oxygen atoms in total. The number of non-ortho nitro benzene ring substituents is 1. The number of hydrogen-bond donors (Lipinski definition) is 1. The number of halogens is 1. The maximum Gasteiger partial charge on any atom is 0.270 e. The Hall–Kier alpha value is -2.26. The van der Waals surface area contributed by atoms with Gasteiger partial charge in [0.25, 0.3) is 15.7 Å². The Bertz CT molecular complexity index is 810. The van der Waals surface area contributed by atoms with Gasteiger partial charge in [-0.15, -0.1) is 0 Å². The fraction of sp³-hybridized carbons (Fsp3) is 0.0909. The van der Waals surface area contributed by atoms with Crippen molar-refractivity contribution in [3.63, 3.8) is 0 Å². The van der Waals surface area contributed by atoms with Crippen LogP contribution in [0.5, 0.6) is 0 Å². The second-order valence-corrected chi connectivity index (χ2v) is 6.02. The standard InChI is InChI=1S/C11H9ClN4O4S/c1-7-2-3-8(16(17)18)6-9(7)21(19,20)15-11-10(12)13-4-5-14-11/h2-6H,1H3,(H,14,15). The zero-order chi connectivity index (χ0) is 15.6. The minimum absolute atomic E-state index is 0.121. The van der Waals surface area contributed by atoms with Crippen LogP contribution in [0.4, 0.5) is 11.5 Å². The summed E-state index contributed by atoms with van der Waals surface area (Å²) in [5.41, 5.74) is 0.0272. The molecule has 0 aliphatic heterocycles. The summed E-state index contributed by atoms with van der Waals surface area (Å²) in [5, 5.41) is 10.6. The van der Waals surface area contributed by atoms with E-state index in [0.29, 0.717) is 5.56 Å². The lowest BCUT2D eigenvalue weighted by atomic mass is 10.2. The van der Waals surface area contributed by atoms with E-state index in [9.17, 15) is 18.5 Å². The molecule has 0 amide bonds. The molecule has 1 N–H and O–H groups in total. The summed E-state index contributed by atoms with van der Waals surface area (Å²) in [6.07, 6.45) is 2.57. The zero-order valence-corrected chi connectivity index (χ0v) is 12.2. The van der Waals surface area contributed by atoms with E-state index in [-0.39, 0.29) is 21.6 Å². The average molecular weight is 329 g/mol. The van der Waals surface area contributed by atoms with Gasteiger partial charge < -0.3 is 0 Å². The topological polar surface area (TPSA) is 115 Å². The number of sulfonamides is 1. The lowest BCUT2D eigenvalue weighted by molar-refractivity contribution is -0.385. The third kappa shape index (κ3) is 3.26. The molecule has 0 saturated carbocycles. The molecular formula is C11H9ClN4O4S. The maximum atomic E-state index is 12.3. The maximum absolute atomic E-state index is 12.3. The van der Waals surface area contributed by atoms with E-state index in [2.05, 4.69) is 14.7 Å². The molecule has 110 valence electrons. The molecule has 21 heavy (non-hydrogen) atoms. The quantitative estimate of drug-likeness (QED) is 0.679. The Morgan fingerprint density at radius 2 is 1.95 bits per heavy atom. The summed E-state index contributed by atoms with van der Waals surface area (Å²) in [7, 11) is -4.06. The van der Waals surface area contributed by atoms with E-state index in [4.69, 9.17) is 11.6 Å². The summed E-state index contributed by atoms with van der Waals surface area (Å²) < 4.78 is 26.7. The molecule has 1 aromatic heterocycles.